The Balaban J connectivity index is 1.98. The fourth-order valence-electron chi connectivity index (χ4n) is 1.89. The maximum atomic E-state index is 14.0. The van der Waals surface area contributed by atoms with Gasteiger partial charge < -0.3 is 5.32 Å². The Morgan fingerprint density at radius 2 is 2.28 bits per heavy atom. The maximum absolute atomic E-state index is 14.0. The van der Waals surface area contributed by atoms with Gasteiger partial charge >= 0.3 is 0 Å². The van der Waals surface area contributed by atoms with Crippen LogP contribution in [0.4, 0.5) is 4.39 Å². The first-order valence-electron chi connectivity index (χ1n) is 5.84. The van der Waals surface area contributed by atoms with Crippen LogP contribution in [0.1, 0.15) is 29.5 Å². The zero-order valence-corrected chi connectivity index (χ0v) is 11.1. The molecule has 1 heterocycles. The second kappa shape index (κ2) is 4.96. The van der Waals surface area contributed by atoms with Gasteiger partial charge in [-0.05, 0) is 31.0 Å². The predicted octanol–water partition coefficient (Wildman–Crippen LogP) is 3.78. The molecule has 1 N–H and O–H groups in total. The molecule has 1 unspecified atom stereocenters. The zero-order chi connectivity index (χ0) is 12.5. The SMILES string of the molecule is Fc1ccc(Cl)cc1C(NC1CC1)c1nccs1. The van der Waals surface area contributed by atoms with Crippen molar-refractivity contribution < 1.29 is 4.39 Å². The third kappa shape index (κ3) is 2.55. The molecule has 0 spiro atoms. The number of halogens is 2. The molecule has 1 aliphatic carbocycles. The lowest BCUT2D eigenvalue weighted by Crippen LogP contribution is -2.25. The summed E-state index contributed by atoms with van der Waals surface area (Å²) in [5.41, 5.74) is 0.573. The molecule has 2 nitrogen and oxygen atoms in total. The summed E-state index contributed by atoms with van der Waals surface area (Å²) >= 11 is 7.49. The molecule has 3 rings (SSSR count). The summed E-state index contributed by atoms with van der Waals surface area (Å²) in [6.45, 7) is 0. The van der Waals surface area contributed by atoms with E-state index in [1.54, 1.807) is 18.3 Å². The van der Waals surface area contributed by atoms with Crippen LogP contribution in [0.3, 0.4) is 0 Å². The monoisotopic (exact) mass is 282 g/mol. The highest BCUT2D eigenvalue weighted by molar-refractivity contribution is 7.09. The van der Waals surface area contributed by atoms with E-state index in [9.17, 15) is 4.39 Å². The van der Waals surface area contributed by atoms with Crippen molar-refractivity contribution >= 4 is 22.9 Å². The van der Waals surface area contributed by atoms with E-state index in [2.05, 4.69) is 10.3 Å². The smallest absolute Gasteiger partial charge is 0.128 e. The number of hydrogen-bond donors (Lipinski definition) is 1. The largest absolute Gasteiger partial charge is 0.301 e. The summed E-state index contributed by atoms with van der Waals surface area (Å²) in [6, 6.07) is 4.93. The average molecular weight is 283 g/mol. The van der Waals surface area contributed by atoms with Gasteiger partial charge in [-0.25, -0.2) is 9.37 Å². The van der Waals surface area contributed by atoms with Gasteiger partial charge in [0.05, 0.1) is 6.04 Å². The Morgan fingerprint density at radius 3 is 2.94 bits per heavy atom. The second-order valence-electron chi connectivity index (χ2n) is 4.41. The van der Waals surface area contributed by atoms with Gasteiger partial charge in [0.15, 0.2) is 0 Å². The highest BCUT2D eigenvalue weighted by atomic mass is 35.5. The van der Waals surface area contributed by atoms with Crippen LogP contribution in [-0.2, 0) is 0 Å². The number of thiazole rings is 1. The molecule has 1 aromatic carbocycles. The quantitative estimate of drug-likeness (QED) is 0.923. The number of hydrogen-bond acceptors (Lipinski definition) is 3. The first-order chi connectivity index (χ1) is 8.74. The number of rotatable bonds is 4. The van der Waals surface area contributed by atoms with Crippen molar-refractivity contribution in [2.24, 2.45) is 0 Å². The van der Waals surface area contributed by atoms with Gasteiger partial charge in [-0.3, -0.25) is 0 Å². The lowest BCUT2D eigenvalue weighted by molar-refractivity contribution is 0.545. The van der Waals surface area contributed by atoms with E-state index in [1.165, 1.54) is 17.4 Å². The normalized spacial score (nSPS) is 16.8. The van der Waals surface area contributed by atoms with Crippen LogP contribution in [0.25, 0.3) is 0 Å². The van der Waals surface area contributed by atoms with Crippen LogP contribution in [-0.4, -0.2) is 11.0 Å². The van der Waals surface area contributed by atoms with E-state index in [0.29, 0.717) is 16.6 Å². The van der Waals surface area contributed by atoms with Crippen LogP contribution >= 0.6 is 22.9 Å². The Bertz CT molecular complexity index is 540. The van der Waals surface area contributed by atoms with Gasteiger partial charge in [-0.2, -0.15) is 0 Å². The van der Waals surface area contributed by atoms with Crippen molar-refractivity contribution in [3.05, 3.63) is 51.2 Å². The molecule has 0 aliphatic heterocycles. The molecule has 1 atom stereocenters. The second-order valence-corrected chi connectivity index (χ2v) is 5.77. The van der Waals surface area contributed by atoms with E-state index in [-0.39, 0.29) is 11.9 Å². The van der Waals surface area contributed by atoms with Gasteiger partial charge in [0, 0.05) is 28.2 Å². The van der Waals surface area contributed by atoms with Crippen LogP contribution < -0.4 is 5.32 Å². The number of nitrogens with one attached hydrogen (secondary N) is 1. The van der Waals surface area contributed by atoms with Crippen LogP contribution in [0.2, 0.25) is 5.02 Å². The summed E-state index contributed by atoms with van der Waals surface area (Å²) < 4.78 is 14.0. The Kier molecular flexibility index (Phi) is 3.33. The fourth-order valence-corrected chi connectivity index (χ4v) is 2.79. The summed E-state index contributed by atoms with van der Waals surface area (Å²) in [4.78, 5) is 4.29. The summed E-state index contributed by atoms with van der Waals surface area (Å²) in [6.07, 6.45) is 4.03. The summed E-state index contributed by atoms with van der Waals surface area (Å²) in [7, 11) is 0. The molecular weight excluding hydrogens is 271 g/mol. The van der Waals surface area contributed by atoms with Crippen LogP contribution in [0.15, 0.2) is 29.8 Å². The Morgan fingerprint density at radius 1 is 1.44 bits per heavy atom. The van der Waals surface area contributed by atoms with Crippen LogP contribution in [0.5, 0.6) is 0 Å². The lowest BCUT2D eigenvalue weighted by Gasteiger charge is -2.17. The Labute approximate surface area is 114 Å². The van der Waals surface area contributed by atoms with E-state index in [0.717, 1.165) is 17.8 Å². The molecule has 5 heteroatoms. The minimum Gasteiger partial charge on any atom is -0.301 e. The summed E-state index contributed by atoms with van der Waals surface area (Å²) in [5.74, 6) is -0.243. The molecule has 0 bridgehead atoms. The molecule has 1 aliphatic rings. The minimum atomic E-state index is -0.243. The maximum Gasteiger partial charge on any atom is 0.128 e. The molecule has 2 aromatic rings. The van der Waals surface area contributed by atoms with E-state index < -0.39 is 0 Å². The molecule has 1 saturated carbocycles. The fraction of sp³-hybridized carbons (Fsp3) is 0.308. The van der Waals surface area contributed by atoms with E-state index in [4.69, 9.17) is 11.6 Å². The molecule has 18 heavy (non-hydrogen) atoms. The Hall–Kier alpha value is -0.970. The van der Waals surface area contributed by atoms with Gasteiger partial charge in [0.25, 0.3) is 0 Å². The molecule has 0 saturated heterocycles. The van der Waals surface area contributed by atoms with Crippen molar-refractivity contribution in [2.75, 3.05) is 0 Å². The van der Waals surface area contributed by atoms with E-state index in [1.807, 2.05) is 5.38 Å². The van der Waals surface area contributed by atoms with Crippen molar-refractivity contribution in [2.45, 2.75) is 24.9 Å². The zero-order valence-electron chi connectivity index (χ0n) is 9.57. The van der Waals surface area contributed by atoms with Crippen LogP contribution in [0, 0.1) is 5.82 Å². The third-order valence-corrected chi connectivity index (χ3v) is 4.02. The summed E-state index contributed by atoms with van der Waals surface area (Å²) in [5, 5.41) is 6.75. The van der Waals surface area contributed by atoms with Gasteiger partial charge in [-0.15, -0.1) is 11.3 Å². The highest BCUT2D eigenvalue weighted by Gasteiger charge is 2.29. The number of nitrogens with zero attached hydrogens (tertiary/aromatic N) is 1. The predicted molar refractivity (Wildman–Crippen MR) is 71.5 cm³/mol. The number of aromatic nitrogens is 1. The highest BCUT2D eigenvalue weighted by Crippen LogP contribution is 2.32. The molecule has 1 aromatic heterocycles. The van der Waals surface area contributed by atoms with Gasteiger partial charge in [-0.1, -0.05) is 11.6 Å². The van der Waals surface area contributed by atoms with Gasteiger partial charge in [0.2, 0.25) is 0 Å². The van der Waals surface area contributed by atoms with Crippen molar-refractivity contribution in [3.8, 4) is 0 Å². The van der Waals surface area contributed by atoms with E-state index >= 15 is 0 Å². The standard InChI is InChI=1S/C13H12ClFN2S/c14-8-1-4-11(15)10(7-8)12(17-9-2-3-9)13-16-5-6-18-13/h1,4-7,9,12,17H,2-3H2. The first kappa shape index (κ1) is 12.1. The minimum absolute atomic E-state index is 0.198. The molecule has 94 valence electrons. The molecular formula is C13H12ClFN2S. The molecule has 0 radical (unpaired) electrons. The molecule has 1 fully saturated rings. The van der Waals surface area contributed by atoms with Crippen molar-refractivity contribution in [3.63, 3.8) is 0 Å². The third-order valence-electron chi connectivity index (χ3n) is 2.95. The average Bonchev–Trinajstić information content (AvgIpc) is 3.01. The van der Waals surface area contributed by atoms with Crippen molar-refractivity contribution in [1.82, 2.24) is 10.3 Å². The van der Waals surface area contributed by atoms with Crippen molar-refractivity contribution in [1.29, 1.82) is 0 Å². The topological polar surface area (TPSA) is 24.9 Å². The first-order valence-corrected chi connectivity index (χ1v) is 7.10. The van der Waals surface area contributed by atoms with Gasteiger partial charge in [0.1, 0.15) is 10.8 Å². The number of benzene rings is 1. The molecule has 0 amide bonds. The lowest BCUT2D eigenvalue weighted by atomic mass is 10.1.